The van der Waals surface area contributed by atoms with Crippen LogP contribution < -0.4 is 0 Å². The Labute approximate surface area is 88.5 Å². The predicted octanol–water partition coefficient (Wildman–Crippen LogP) is 2.57. The summed E-state index contributed by atoms with van der Waals surface area (Å²) in [7, 11) is 0. The molecule has 0 aliphatic carbocycles. The van der Waals surface area contributed by atoms with E-state index < -0.39 is 5.97 Å². The van der Waals surface area contributed by atoms with Crippen LogP contribution in [0.5, 0.6) is 0 Å². The standard InChI is InChI=1S/C8H4Cl2N2O2/c9-3-1-2-4(10)6-5(3)11-7(12-6)8(13)14/h1-2H,(H,11,12)(H,13,14). The molecule has 14 heavy (non-hydrogen) atoms. The van der Waals surface area contributed by atoms with Gasteiger partial charge in [-0.1, -0.05) is 23.2 Å². The van der Waals surface area contributed by atoms with E-state index in [9.17, 15) is 4.79 Å². The summed E-state index contributed by atoms with van der Waals surface area (Å²) in [6.45, 7) is 0. The van der Waals surface area contributed by atoms with Crippen molar-refractivity contribution in [2.24, 2.45) is 0 Å². The van der Waals surface area contributed by atoms with Gasteiger partial charge in [-0.05, 0) is 12.1 Å². The highest BCUT2D eigenvalue weighted by molar-refractivity contribution is 6.39. The highest BCUT2D eigenvalue weighted by Gasteiger charge is 2.13. The number of hydrogen-bond acceptors (Lipinski definition) is 2. The van der Waals surface area contributed by atoms with Crippen LogP contribution in [-0.2, 0) is 0 Å². The third-order valence-corrected chi connectivity index (χ3v) is 2.37. The van der Waals surface area contributed by atoms with E-state index >= 15 is 0 Å². The molecule has 0 saturated heterocycles. The smallest absolute Gasteiger partial charge is 0.371 e. The van der Waals surface area contributed by atoms with Crippen LogP contribution in [0.2, 0.25) is 10.0 Å². The van der Waals surface area contributed by atoms with E-state index in [-0.39, 0.29) is 5.82 Å². The molecule has 0 unspecified atom stereocenters. The Bertz CT molecular complexity index is 482. The Kier molecular flexibility index (Phi) is 2.09. The summed E-state index contributed by atoms with van der Waals surface area (Å²) in [5, 5.41) is 9.45. The highest BCUT2D eigenvalue weighted by atomic mass is 35.5. The second-order valence-electron chi connectivity index (χ2n) is 2.64. The molecular weight excluding hydrogens is 227 g/mol. The first-order valence-corrected chi connectivity index (χ1v) is 4.42. The van der Waals surface area contributed by atoms with Crippen molar-refractivity contribution in [1.29, 1.82) is 0 Å². The second-order valence-corrected chi connectivity index (χ2v) is 3.46. The number of aromatic carboxylic acids is 1. The number of carboxylic acids is 1. The highest BCUT2D eigenvalue weighted by Crippen LogP contribution is 2.27. The van der Waals surface area contributed by atoms with Gasteiger partial charge in [0.15, 0.2) is 0 Å². The number of nitrogens with one attached hydrogen (secondary N) is 1. The van der Waals surface area contributed by atoms with E-state index in [1.165, 1.54) is 0 Å². The van der Waals surface area contributed by atoms with Crippen molar-refractivity contribution in [3.05, 3.63) is 28.0 Å². The van der Waals surface area contributed by atoms with Crippen molar-refractivity contribution in [2.45, 2.75) is 0 Å². The molecule has 0 fully saturated rings. The van der Waals surface area contributed by atoms with E-state index in [1.807, 2.05) is 0 Å². The number of hydrogen-bond donors (Lipinski definition) is 2. The van der Waals surface area contributed by atoms with Gasteiger partial charge in [0.2, 0.25) is 5.82 Å². The zero-order valence-electron chi connectivity index (χ0n) is 6.71. The summed E-state index contributed by atoms with van der Waals surface area (Å²) in [5.74, 6) is -1.32. The maximum absolute atomic E-state index is 10.6. The average Bonchev–Trinajstić information content (AvgIpc) is 2.57. The molecule has 0 amide bonds. The largest absolute Gasteiger partial charge is 0.475 e. The van der Waals surface area contributed by atoms with Crippen LogP contribution in [0.15, 0.2) is 12.1 Å². The van der Waals surface area contributed by atoms with Gasteiger partial charge in [-0.25, -0.2) is 9.78 Å². The lowest BCUT2D eigenvalue weighted by molar-refractivity contribution is 0.0685. The summed E-state index contributed by atoms with van der Waals surface area (Å²) < 4.78 is 0. The summed E-state index contributed by atoms with van der Waals surface area (Å²) in [5.41, 5.74) is 0.813. The molecule has 6 heteroatoms. The van der Waals surface area contributed by atoms with Crippen LogP contribution >= 0.6 is 23.2 Å². The average molecular weight is 231 g/mol. The molecule has 2 N–H and O–H groups in total. The van der Waals surface area contributed by atoms with Crippen LogP contribution in [0.3, 0.4) is 0 Å². The van der Waals surface area contributed by atoms with Gasteiger partial charge in [0, 0.05) is 0 Å². The lowest BCUT2D eigenvalue weighted by atomic mass is 10.3. The fourth-order valence-corrected chi connectivity index (χ4v) is 1.53. The normalized spacial score (nSPS) is 10.7. The predicted molar refractivity (Wildman–Crippen MR) is 53.1 cm³/mol. The Morgan fingerprint density at radius 1 is 1.36 bits per heavy atom. The third kappa shape index (κ3) is 1.32. The molecule has 0 bridgehead atoms. The first-order valence-electron chi connectivity index (χ1n) is 3.66. The number of rotatable bonds is 1. The number of fused-ring (bicyclic) bond motifs is 1. The van der Waals surface area contributed by atoms with Crippen molar-refractivity contribution in [3.63, 3.8) is 0 Å². The van der Waals surface area contributed by atoms with E-state index in [0.717, 1.165) is 0 Å². The van der Waals surface area contributed by atoms with Crippen molar-refractivity contribution < 1.29 is 9.90 Å². The minimum absolute atomic E-state index is 0.171. The van der Waals surface area contributed by atoms with E-state index in [2.05, 4.69) is 9.97 Å². The van der Waals surface area contributed by atoms with Gasteiger partial charge in [-0.2, -0.15) is 0 Å². The SMILES string of the molecule is O=C(O)c1nc2c(Cl)ccc(Cl)c2[nH]1. The van der Waals surface area contributed by atoms with Crippen molar-refractivity contribution in [1.82, 2.24) is 9.97 Å². The Morgan fingerprint density at radius 3 is 2.57 bits per heavy atom. The Hall–Kier alpha value is -1.26. The number of H-pyrrole nitrogens is 1. The number of carboxylic acid groups (broad SMARTS) is 1. The van der Waals surface area contributed by atoms with E-state index in [4.69, 9.17) is 28.3 Å². The molecule has 0 aliphatic heterocycles. The summed E-state index contributed by atoms with van der Waals surface area (Å²) in [6.07, 6.45) is 0. The van der Waals surface area contributed by atoms with Gasteiger partial charge in [0.25, 0.3) is 0 Å². The number of halogens is 2. The molecule has 0 radical (unpaired) electrons. The molecule has 2 aromatic rings. The third-order valence-electron chi connectivity index (χ3n) is 1.75. The van der Waals surface area contributed by atoms with Crippen LogP contribution in [0.4, 0.5) is 0 Å². The quantitative estimate of drug-likeness (QED) is 0.792. The molecule has 1 heterocycles. The number of nitrogens with zero attached hydrogens (tertiary/aromatic N) is 1. The first-order chi connectivity index (χ1) is 6.59. The second kappa shape index (κ2) is 3.15. The summed E-state index contributed by atoms with van der Waals surface area (Å²) >= 11 is 11.6. The molecule has 0 aliphatic rings. The van der Waals surface area contributed by atoms with Crippen molar-refractivity contribution >= 4 is 40.2 Å². The van der Waals surface area contributed by atoms with Crippen molar-refractivity contribution in [2.75, 3.05) is 0 Å². The minimum Gasteiger partial charge on any atom is -0.475 e. The lowest BCUT2D eigenvalue weighted by Crippen LogP contribution is -1.97. The molecule has 0 spiro atoms. The molecular formula is C8H4Cl2N2O2. The van der Waals surface area contributed by atoms with Gasteiger partial charge in [0.1, 0.15) is 5.52 Å². The summed E-state index contributed by atoms with van der Waals surface area (Å²) in [4.78, 5) is 17.0. The Morgan fingerprint density at radius 2 is 2.00 bits per heavy atom. The maximum atomic E-state index is 10.6. The van der Waals surface area contributed by atoms with Gasteiger partial charge >= 0.3 is 5.97 Å². The minimum atomic E-state index is -1.15. The zero-order chi connectivity index (χ0) is 10.3. The molecule has 4 nitrogen and oxygen atoms in total. The van der Waals surface area contributed by atoms with Crippen molar-refractivity contribution in [3.8, 4) is 0 Å². The molecule has 0 saturated carbocycles. The number of benzene rings is 1. The maximum Gasteiger partial charge on any atom is 0.371 e. The van der Waals surface area contributed by atoms with Gasteiger partial charge in [-0.15, -0.1) is 0 Å². The van der Waals surface area contributed by atoms with Gasteiger partial charge in [-0.3, -0.25) is 0 Å². The first kappa shape index (κ1) is 9.30. The molecule has 72 valence electrons. The molecule has 1 aromatic heterocycles. The van der Waals surface area contributed by atoms with E-state index in [1.54, 1.807) is 12.1 Å². The Balaban J connectivity index is 2.82. The number of imidazole rings is 1. The number of carbonyl (C=O) groups is 1. The zero-order valence-corrected chi connectivity index (χ0v) is 8.23. The van der Waals surface area contributed by atoms with Crippen LogP contribution in [-0.4, -0.2) is 21.0 Å². The molecule has 2 rings (SSSR count). The van der Waals surface area contributed by atoms with Crippen LogP contribution in [0, 0.1) is 0 Å². The lowest BCUT2D eigenvalue weighted by Gasteiger charge is -1.93. The van der Waals surface area contributed by atoms with Gasteiger partial charge in [0.05, 0.1) is 15.6 Å². The monoisotopic (exact) mass is 230 g/mol. The van der Waals surface area contributed by atoms with Gasteiger partial charge < -0.3 is 10.1 Å². The molecule has 0 atom stereocenters. The fraction of sp³-hybridized carbons (Fsp3) is 0. The van der Waals surface area contributed by atoms with E-state index in [0.29, 0.717) is 21.1 Å². The van der Waals surface area contributed by atoms with Crippen LogP contribution in [0.25, 0.3) is 11.0 Å². The van der Waals surface area contributed by atoms with Crippen LogP contribution in [0.1, 0.15) is 10.6 Å². The molecule has 1 aromatic carbocycles. The topological polar surface area (TPSA) is 66.0 Å². The fourth-order valence-electron chi connectivity index (χ4n) is 1.13. The number of aromatic nitrogens is 2. The number of aromatic amines is 1. The summed E-state index contributed by atoms with van der Waals surface area (Å²) in [6, 6.07) is 3.15.